The van der Waals surface area contributed by atoms with Crippen molar-refractivity contribution in [1.82, 2.24) is 25.8 Å². The van der Waals surface area contributed by atoms with Crippen LogP contribution in [0.3, 0.4) is 0 Å². The van der Waals surface area contributed by atoms with Crippen molar-refractivity contribution in [3.05, 3.63) is 42.2 Å². The number of carbonyl (C=O) groups is 3. The molecule has 0 bridgehead atoms. The van der Waals surface area contributed by atoms with E-state index in [-0.39, 0.29) is 35.6 Å². The molecule has 1 aromatic heterocycles. The number of hydrogen-bond donors (Lipinski definition) is 2. The second-order valence-corrected chi connectivity index (χ2v) is 9.41. The van der Waals surface area contributed by atoms with Crippen LogP contribution in [0.15, 0.2) is 40.9 Å². The van der Waals surface area contributed by atoms with Crippen molar-refractivity contribution in [3.8, 4) is 11.3 Å². The molecular formula is C24H29N5O4. The molecule has 9 nitrogen and oxygen atoms in total. The minimum Gasteiger partial charge on any atom is -0.350 e. The fourth-order valence-corrected chi connectivity index (χ4v) is 4.82. The zero-order chi connectivity index (χ0) is 22.8. The van der Waals surface area contributed by atoms with Crippen molar-refractivity contribution in [2.75, 3.05) is 19.6 Å². The van der Waals surface area contributed by atoms with Crippen molar-refractivity contribution >= 4 is 18.2 Å². The third kappa shape index (κ3) is 4.64. The van der Waals surface area contributed by atoms with E-state index >= 15 is 0 Å². The summed E-state index contributed by atoms with van der Waals surface area (Å²) in [4.78, 5) is 38.9. The number of likely N-dealkylation sites (tertiary alicyclic amines) is 1. The highest BCUT2D eigenvalue weighted by molar-refractivity contribution is 5.93. The van der Waals surface area contributed by atoms with E-state index in [1.165, 1.54) is 24.3 Å². The molecule has 1 aliphatic heterocycles. The molecule has 0 radical (unpaired) electrons. The first-order valence-electron chi connectivity index (χ1n) is 11.7. The summed E-state index contributed by atoms with van der Waals surface area (Å²) in [5, 5.41) is 8.38. The first-order chi connectivity index (χ1) is 16.1. The molecule has 2 saturated carbocycles. The van der Waals surface area contributed by atoms with Gasteiger partial charge in [0.15, 0.2) is 0 Å². The van der Waals surface area contributed by atoms with Gasteiger partial charge in [0.05, 0.1) is 6.04 Å². The molecular weight excluding hydrogens is 422 g/mol. The predicted molar refractivity (Wildman–Crippen MR) is 120 cm³/mol. The molecule has 2 aromatic rings. The lowest BCUT2D eigenvalue weighted by atomic mass is 9.79. The predicted octanol–water partition coefficient (Wildman–Crippen LogP) is 1.82. The van der Waals surface area contributed by atoms with E-state index in [2.05, 4.69) is 20.8 Å². The minimum atomic E-state index is -0.339. The van der Waals surface area contributed by atoms with E-state index in [1.54, 1.807) is 6.07 Å². The Morgan fingerprint density at radius 1 is 1.18 bits per heavy atom. The highest BCUT2D eigenvalue weighted by atomic mass is 16.5. The molecule has 174 valence electrons. The van der Waals surface area contributed by atoms with Gasteiger partial charge in [0, 0.05) is 43.2 Å². The van der Waals surface area contributed by atoms with Crippen molar-refractivity contribution in [1.29, 1.82) is 0 Å². The maximum Gasteiger partial charge on any atom is 0.290 e. The van der Waals surface area contributed by atoms with Crippen LogP contribution >= 0.6 is 0 Å². The summed E-state index contributed by atoms with van der Waals surface area (Å²) in [5.74, 6) is 0.311. The largest absolute Gasteiger partial charge is 0.350 e. The number of carbonyl (C=O) groups excluding carboxylic acids is 3. The zero-order valence-electron chi connectivity index (χ0n) is 18.5. The van der Waals surface area contributed by atoms with Crippen LogP contribution in [-0.4, -0.2) is 65.0 Å². The van der Waals surface area contributed by atoms with Crippen LogP contribution in [-0.2, 0) is 9.59 Å². The van der Waals surface area contributed by atoms with Gasteiger partial charge in [-0.2, -0.15) is 0 Å². The summed E-state index contributed by atoms with van der Waals surface area (Å²) in [6, 6.07) is 11.0. The van der Waals surface area contributed by atoms with Crippen molar-refractivity contribution in [3.63, 3.8) is 0 Å². The van der Waals surface area contributed by atoms with E-state index in [0.717, 1.165) is 31.1 Å². The molecule has 3 amide bonds. The van der Waals surface area contributed by atoms with E-state index in [4.69, 9.17) is 4.52 Å². The van der Waals surface area contributed by atoms with Gasteiger partial charge >= 0.3 is 0 Å². The van der Waals surface area contributed by atoms with Gasteiger partial charge in [0.2, 0.25) is 18.1 Å². The summed E-state index contributed by atoms with van der Waals surface area (Å²) in [7, 11) is 0. The van der Waals surface area contributed by atoms with Gasteiger partial charge in [-0.15, -0.1) is 0 Å². The second kappa shape index (κ2) is 9.35. The van der Waals surface area contributed by atoms with Gasteiger partial charge in [-0.3, -0.25) is 24.7 Å². The third-order valence-electron chi connectivity index (χ3n) is 7.10. The summed E-state index contributed by atoms with van der Waals surface area (Å²) in [6.07, 6.45) is 5.57. The molecule has 2 N–H and O–H groups in total. The minimum absolute atomic E-state index is 0.0158. The summed E-state index contributed by atoms with van der Waals surface area (Å²) >= 11 is 0. The lowest BCUT2D eigenvalue weighted by molar-refractivity contribution is -0.153. The smallest absolute Gasteiger partial charge is 0.290 e. The molecule has 0 spiro atoms. The number of rotatable bonds is 9. The summed E-state index contributed by atoms with van der Waals surface area (Å²) in [6.45, 7) is 2.68. The quantitative estimate of drug-likeness (QED) is 0.445. The Morgan fingerprint density at radius 2 is 1.94 bits per heavy atom. The number of nitrogens with one attached hydrogen (secondary N) is 2. The van der Waals surface area contributed by atoms with Gasteiger partial charge in [-0.05, 0) is 31.6 Å². The Morgan fingerprint density at radius 3 is 2.61 bits per heavy atom. The van der Waals surface area contributed by atoms with Crippen LogP contribution < -0.4 is 10.7 Å². The van der Waals surface area contributed by atoms with Crippen LogP contribution in [0.25, 0.3) is 11.3 Å². The first-order valence-corrected chi connectivity index (χ1v) is 11.7. The summed E-state index contributed by atoms with van der Waals surface area (Å²) < 4.78 is 5.21. The standard InChI is InChI=1S/C24H29N5O4/c30-15-25-29(20-13-28(14-20)12-16-5-4-6-16)24(32)18-9-19(10-18)26-23(31)22-11-21(27-33-22)17-7-2-1-3-8-17/h1-3,7-8,11,15-16,18-20H,4-6,9-10,12-14H2,(H,25,30)(H,26,31). The molecule has 33 heavy (non-hydrogen) atoms. The fourth-order valence-electron chi connectivity index (χ4n) is 4.82. The Balaban J connectivity index is 1.09. The average molecular weight is 452 g/mol. The molecule has 5 rings (SSSR count). The number of benzene rings is 1. The Kier molecular flexibility index (Phi) is 6.13. The maximum atomic E-state index is 13.0. The molecule has 3 aliphatic rings. The SMILES string of the molecule is O=CNN(C(=O)C1CC(NC(=O)c2cc(-c3ccccc3)no2)C1)C1CN(CC2CCC2)C1. The molecule has 9 heteroatoms. The Bertz CT molecular complexity index is 993. The topological polar surface area (TPSA) is 108 Å². The monoisotopic (exact) mass is 451 g/mol. The van der Waals surface area contributed by atoms with Gasteiger partial charge in [-0.25, -0.2) is 5.01 Å². The van der Waals surface area contributed by atoms with E-state index < -0.39 is 0 Å². The van der Waals surface area contributed by atoms with Crippen LogP contribution in [0.4, 0.5) is 0 Å². The maximum absolute atomic E-state index is 13.0. The lowest BCUT2D eigenvalue weighted by Crippen LogP contribution is -2.66. The number of amides is 3. The normalized spacial score (nSPS) is 23.0. The highest BCUT2D eigenvalue weighted by Gasteiger charge is 2.43. The number of nitrogens with zero attached hydrogens (tertiary/aromatic N) is 3. The number of aromatic nitrogens is 1. The molecule has 0 atom stereocenters. The van der Waals surface area contributed by atoms with Gasteiger partial charge in [0.25, 0.3) is 5.91 Å². The van der Waals surface area contributed by atoms with E-state index in [1.807, 2.05) is 30.3 Å². The van der Waals surface area contributed by atoms with Gasteiger partial charge in [-0.1, -0.05) is 41.9 Å². The van der Waals surface area contributed by atoms with Crippen LogP contribution in [0.1, 0.15) is 42.7 Å². The Hall–Kier alpha value is -3.20. The van der Waals surface area contributed by atoms with Gasteiger partial charge in [0.1, 0.15) is 5.69 Å². The van der Waals surface area contributed by atoms with Crippen molar-refractivity contribution in [2.45, 2.75) is 44.2 Å². The van der Waals surface area contributed by atoms with Gasteiger partial charge < -0.3 is 9.84 Å². The Labute approximate surface area is 192 Å². The highest BCUT2D eigenvalue weighted by Crippen LogP contribution is 2.32. The third-order valence-corrected chi connectivity index (χ3v) is 7.10. The number of hydrogen-bond acceptors (Lipinski definition) is 6. The average Bonchev–Trinajstić information content (AvgIpc) is 3.23. The second-order valence-electron chi connectivity index (χ2n) is 9.41. The van der Waals surface area contributed by atoms with Crippen molar-refractivity contribution < 1.29 is 18.9 Å². The van der Waals surface area contributed by atoms with Crippen LogP contribution in [0.5, 0.6) is 0 Å². The molecule has 3 fully saturated rings. The molecule has 1 aromatic carbocycles. The molecule has 0 unspecified atom stereocenters. The van der Waals surface area contributed by atoms with E-state index in [0.29, 0.717) is 24.9 Å². The number of hydrazine groups is 1. The van der Waals surface area contributed by atoms with Crippen LogP contribution in [0.2, 0.25) is 0 Å². The zero-order valence-corrected chi connectivity index (χ0v) is 18.5. The first kappa shape index (κ1) is 21.6. The van der Waals surface area contributed by atoms with Crippen LogP contribution in [0, 0.1) is 11.8 Å². The molecule has 2 heterocycles. The van der Waals surface area contributed by atoms with E-state index in [9.17, 15) is 14.4 Å². The lowest BCUT2D eigenvalue weighted by Gasteiger charge is -2.48. The molecule has 1 saturated heterocycles. The summed E-state index contributed by atoms with van der Waals surface area (Å²) in [5.41, 5.74) is 4.08. The fraction of sp³-hybridized carbons (Fsp3) is 0.500. The molecule has 2 aliphatic carbocycles. The van der Waals surface area contributed by atoms with Crippen molar-refractivity contribution in [2.24, 2.45) is 11.8 Å².